The van der Waals surface area contributed by atoms with E-state index in [9.17, 15) is 18.4 Å². The molecule has 1 aliphatic rings. The zero-order valence-electron chi connectivity index (χ0n) is 12.1. The number of esters is 1. The lowest BCUT2D eigenvalue weighted by Gasteiger charge is -2.19. The van der Waals surface area contributed by atoms with Crippen molar-refractivity contribution < 1.29 is 23.1 Å². The van der Waals surface area contributed by atoms with Crippen molar-refractivity contribution in [1.29, 1.82) is 0 Å². The number of benzene rings is 1. The molecule has 0 bridgehead atoms. The highest BCUT2D eigenvalue weighted by molar-refractivity contribution is 5.95. The number of halogens is 2. The number of carbonyl (C=O) groups excluding carboxylic acids is 2. The van der Waals surface area contributed by atoms with Crippen LogP contribution >= 0.6 is 0 Å². The normalized spacial score (nSPS) is 18.6. The van der Waals surface area contributed by atoms with Crippen LogP contribution in [0.25, 0.3) is 0 Å². The summed E-state index contributed by atoms with van der Waals surface area (Å²) in [5.74, 6) is -2.84. The molecule has 2 rings (SSSR count). The van der Waals surface area contributed by atoms with Gasteiger partial charge in [-0.15, -0.1) is 0 Å². The molecule has 6 heteroatoms. The van der Waals surface area contributed by atoms with Gasteiger partial charge in [0, 0.05) is 6.07 Å². The van der Waals surface area contributed by atoms with Gasteiger partial charge in [0.15, 0.2) is 6.10 Å². The first-order chi connectivity index (χ1) is 10.5. The van der Waals surface area contributed by atoms with E-state index in [0.717, 1.165) is 24.6 Å². The van der Waals surface area contributed by atoms with E-state index in [1.165, 1.54) is 6.92 Å². The molecule has 2 atom stereocenters. The van der Waals surface area contributed by atoms with Crippen molar-refractivity contribution in [3.8, 4) is 0 Å². The van der Waals surface area contributed by atoms with Gasteiger partial charge < -0.3 is 10.1 Å². The number of amides is 1. The van der Waals surface area contributed by atoms with E-state index in [1.807, 2.05) is 12.2 Å². The Bertz CT molecular complexity index is 601. The number of hydrogen-bond donors (Lipinski definition) is 1. The van der Waals surface area contributed by atoms with E-state index in [-0.39, 0.29) is 11.6 Å². The van der Waals surface area contributed by atoms with Crippen LogP contribution in [0, 0.1) is 17.6 Å². The largest absolute Gasteiger partial charge is 0.452 e. The molecule has 0 aliphatic heterocycles. The molecule has 0 spiro atoms. The lowest BCUT2D eigenvalue weighted by molar-refractivity contribution is -0.157. The fraction of sp³-hybridized carbons (Fsp3) is 0.375. The third-order valence-electron chi connectivity index (χ3n) is 3.45. The Morgan fingerprint density at radius 2 is 2.09 bits per heavy atom. The van der Waals surface area contributed by atoms with E-state index < -0.39 is 29.6 Å². The van der Waals surface area contributed by atoms with Gasteiger partial charge in [-0.2, -0.15) is 0 Å². The minimum Gasteiger partial charge on any atom is -0.452 e. The smallest absolute Gasteiger partial charge is 0.310 e. The lowest BCUT2D eigenvalue weighted by Crippen LogP contribution is -2.32. The summed E-state index contributed by atoms with van der Waals surface area (Å²) in [4.78, 5) is 23.8. The van der Waals surface area contributed by atoms with Crippen molar-refractivity contribution >= 4 is 17.6 Å². The van der Waals surface area contributed by atoms with Crippen molar-refractivity contribution in [2.75, 3.05) is 5.32 Å². The molecule has 4 nitrogen and oxygen atoms in total. The first kappa shape index (κ1) is 16.1. The Morgan fingerprint density at radius 3 is 2.77 bits per heavy atom. The third-order valence-corrected chi connectivity index (χ3v) is 3.45. The Balaban J connectivity index is 1.93. The van der Waals surface area contributed by atoms with Crippen molar-refractivity contribution in [1.82, 2.24) is 0 Å². The Kier molecular flexibility index (Phi) is 5.25. The van der Waals surface area contributed by atoms with E-state index >= 15 is 0 Å². The predicted molar refractivity (Wildman–Crippen MR) is 77.0 cm³/mol. The SMILES string of the molecule is C[C@@H](OC(=O)[C@H]1CC=CCC1)C(=O)Nc1cc(F)ccc1F. The third kappa shape index (κ3) is 4.13. The number of anilines is 1. The van der Waals surface area contributed by atoms with Gasteiger partial charge in [0.1, 0.15) is 11.6 Å². The highest BCUT2D eigenvalue weighted by atomic mass is 19.1. The molecule has 1 aliphatic carbocycles. The summed E-state index contributed by atoms with van der Waals surface area (Å²) in [6.45, 7) is 1.39. The second-order valence-corrected chi connectivity index (χ2v) is 5.17. The number of carbonyl (C=O) groups is 2. The Morgan fingerprint density at radius 1 is 1.32 bits per heavy atom. The quantitative estimate of drug-likeness (QED) is 0.686. The molecule has 22 heavy (non-hydrogen) atoms. The van der Waals surface area contributed by atoms with Crippen molar-refractivity contribution in [2.24, 2.45) is 5.92 Å². The fourth-order valence-corrected chi connectivity index (χ4v) is 2.16. The van der Waals surface area contributed by atoms with Crippen molar-refractivity contribution in [3.63, 3.8) is 0 Å². The Labute approximate surface area is 127 Å². The van der Waals surface area contributed by atoms with Crippen LogP contribution in [0.1, 0.15) is 26.2 Å². The summed E-state index contributed by atoms with van der Waals surface area (Å²) < 4.78 is 31.6. The maximum absolute atomic E-state index is 13.4. The van der Waals surface area contributed by atoms with E-state index in [2.05, 4.69) is 5.32 Å². The minimum absolute atomic E-state index is 0.258. The monoisotopic (exact) mass is 309 g/mol. The molecule has 1 aromatic rings. The fourth-order valence-electron chi connectivity index (χ4n) is 2.16. The number of rotatable bonds is 4. The number of ether oxygens (including phenoxy) is 1. The summed E-state index contributed by atoms with van der Waals surface area (Å²) in [6, 6.07) is 2.73. The lowest BCUT2D eigenvalue weighted by atomic mass is 9.95. The van der Waals surface area contributed by atoms with Crippen LogP contribution in [0.2, 0.25) is 0 Å². The zero-order valence-corrected chi connectivity index (χ0v) is 12.1. The van der Waals surface area contributed by atoms with Crippen LogP contribution < -0.4 is 5.32 Å². The van der Waals surface area contributed by atoms with Crippen LogP contribution in [-0.2, 0) is 14.3 Å². The van der Waals surface area contributed by atoms with Gasteiger partial charge >= 0.3 is 5.97 Å². The summed E-state index contributed by atoms with van der Waals surface area (Å²) in [6.07, 6.45) is 4.89. The van der Waals surface area contributed by atoms with Gasteiger partial charge in [-0.1, -0.05) is 12.2 Å². The van der Waals surface area contributed by atoms with E-state index in [4.69, 9.17) is 4.74 Å². The topological polar surface area (TPSA) is 55.4 Å². The summed E-state index contributed by atoms with van der Waals surface area (Å²) in [7, 11) is 0. The summed E-state index contributed by atoms with van der Waals surface area (Å²) in [5, 5.41) is 2.21. The maximum atomic E-state index is 13.4. The highest BCUT2D eigenvalue weighted by Gasteiger charge is 2.25. The van der Waals surface area contributed by atoms with Crippen molar-refractivity contribution in [3.05, 3.63) is 42.0 Å². The second kappa shape index (κ2) is 7.15. The van der Waals surface area contributed by atoms with Crippen LogP contribution in [0.15, 0.2) is 30.4 Å². The first-order valence-electron chi connectivity index (χ1n) is 7.09. The molecule has 1 aromatic carbocycles. The molecule has 118 valence electrons. The van der Waals surface area contributed by atoms with Crippen LogP contribution in [-0.4, -0.2) is 18.0 Å². The molecule has 0 radical (unpaired) electrons. The van der Waals surface area contributed by atoms with Crippen LogP contribution in [0.3, 0.4) is 0 Å². The molecule has 0 unspecified atom stereocenters. The molecule has 0 saturated carbocycles. The molecule has 0 saturated heterocycles. The van der Waals surface area contributed by atoms with Gasteiger partial charge in [-0.25, -0.2) is 8.78 Å². The van der Waals surface area contributed by atoms with Gasteiger partial charge in [-0.05, 0) is 38.3 Å². The molecule has 0 aromatic heterocycles. The molecule has 0 heterocycles. The van der Waals surface area contributed by atoms with Crippen molar-refractivity contribution in [2.45, 2.75) is 32.3 Å². The number of allylic oxidation sites excluding steroid dienone is 2. The Hall–Kier alpha value is -2.24. The average molecular weight is 309 g/mol. The molecule has 1 amide bonds. The summed E-state index contributed by atoms with van der Waals surface area (Å²) >= 11 is 0. The zero-order chi connectivity index (χ0) is 16.1. The predicted octanol–water partition coefficient (Wildman–Crippen LogP) is 3.19. The van der Waals surface area contributed by atoms with E-state index in [1.54, 1.807) is 0 Å². The first-order valence-corrected chi connectivity index (χ1v) is 7.09. The van der Waals surface area contributed by atoms with Crippen LogP contribution in [0.5, 0.6) is 0 Å². The van der Waals surface area contributed by atoms with Gasteiger partial charge in [0.2, 0.25) is 0 Å². The van der Waals surface area contributed by atoms with E-state index in [0.29, 0.717) is 12.8 Å². The minimum atomic E-state index is -1.08. The second-order valence-electron chi connectivity index (χ2n) is 5.17. The van der Waals surface area contributed by atoms with Gasteiger partial charge in [0.05, 0.1) is 11.6 Å². The van der Waals surface area contributed by atoms with Gasteiger partial charge in [0.25, 0.3) is 5.91 Å². The molecule has 0 fully saturated rings. The maximum Gasteiger partial charge on any atom is 0.310 e. The standard InChI is InChI=1S/C16H17F2NO3/c1-10(22-16(21)11-5-3-2-4-6-11)15(20)19-14-9-12(17)7-8-13(14)18/h2-3,7-11H,4-6H2,1H3,(H,19,20)/t10-,11+/m1/s1. The van der Waals surface area contributed by atoms with Gasteiger partial charge in [-0.3, -0.25) is 9.59 Å². The summed E-state index contributed by atoms with van der Waals surface area (Å²) in [5.41, 5.74) is -0.284. The molecular weight excluding hydrogens is 292 g/mol. The number of hydrogen-bond acceptors (Lipinski definition) is 3. The van der Waals surface area contributed by atoms with Crippen LogP contribution in [0.4, 0.5) is 14.5 Å². The number of nitrogens with one attached hydrogen (secondary N) is 1. The molecular formula is C16H17F2NO3. The highest BCUT2D eigenvalue weighted by Crippen LogP contribution is 2.21. The average Bonchev–Trinajstić information content (AvgIpc) is 2.51. The molecule has 1 N–H and O–H groups in total.